The van der Waals surface area contributed by atoms with Crippen molar-refractivity contribution in [2.24, 2.45) is 5.73 Å². The highest BCUT2D eigenvalue weighted by molar-refractivity contribution is 9.10. The second-order valence-corrected chi connectivity index (χ2v) is 3.70. The van der Waals surface area contributed by atoms with E-state index in [1.807, 2.05) is 12.1 Å². The van der Waals surface area contributed by atoms with Crippen molar-refractivity contribution in [1.29, 1.82) is 0 Å². The molecule has 0 amide bonds. The molecule has 1 aromatic rings. The lowest BCUT2D eigenvalue weighted by Crippen LogP contribution is -2.18. The molecular formula is C9H14BrN3. The molecule has 0 radical (unpaired) electrons. The number of aromatic nitrogens is 1. The Kier molecular flexibility index (Phi) is 4.97. The van der Waals surface area contributed by atoms with E-state index in [0.29, 0.717) is 0 Å². The maximum Gasteiger partial charge on any atom is 0.0542 e. The van der Waals surface area contributed by atoms with Crippen LogP contribution in [0.25, 0.3) is 0 Å². The van der Waals surface area contributed by atoms with Crippen LogP contribution in [-0.4, -0.2) is 18.1 Å². The first kappa shape index (κ1) is 10.6. The first-order valence-electron chi connectivity index (χ1n) is 4.34. The van der Waals surface area contributed by atoms with Gasteiger partial charge in [0.2, 0.25) is 0 Å². The number of hydrogen-bond donors (Lipinski definition) is 2. The minimum absolute atomic E-state index is 0.737. The molecule has 13 heavy (non-hydrogen) atoms. The van der Waals surface area contributed by atoms with Crippen LogP contribution in [0.1, 0.15) is 12.1 Å². The average Bonchev–Trinajstić information content (AvgIpc) is 2.15. The molecule has 0 aliphatic heterocycles. The Morgan fingerprint density at radius 1 is 1.46 bits per heavy atom. The number of nitrogens with one attached hydrogen (secondary N) is 1. The number of pyridine rings is 1. The lowest BCUT2D eigenvalue weighted by Gasteiger charge is -2.02. The fourth-order valence-electron chi connectivity index (χ4n) is 0.955. The zero-order valence-corrected chi connectivity index (χ0v) is 9.05. The molecule has 1 heterocycles. The van der Waals surface area contributed by atoms with Gasteiger partial charge < -0.3 is 11.1 Å². The van der Waals surface area contributed by atoms with Crippen LogP contribution in [0.3, 0.4) is 0 Å². The van der Waals surface area contributed by atoms with Gasteiger partial charge in [-0.3, -0.25) is 4.98 Å². The van der Waals surface area contributed by atoms with Crippen molar-refractivity contribution < 1.29 is 0 Å². The van der Waals surface area contributed by atoms with Gasteiger partial charge in [-0.15, -0.1) is 0 Å². The molecule has 1 rings (SSSR count). The van der Waals surface area contributed by atoms with Crippen molar-refractivity contribution in [3.63, 3.8) is 0 Å². The molecule has 0 bridgehead atoms. The van der Waals surface area contributed by atoms with E-state index in [1.54, 1.807) is 6.20 Å². The van der Waals surface area contributed by atoms with Crippen molar-refractivity contribution in [1.82, 2.24) is 10.3 Å². The van der Waals surface area contributed by atoms with E-state index in [-0.39, 0.29) is 0 Å². The van der Waals surface area contributed by atoms with E-state index < -0.39 is 0 Å². The topological polar surface area (TPSA) is 50.9 Å². The SMILES string of the molecule is NCCCNCc1ccc(Br)cn1. The van der Waals surface area contributed by atoms with Crippen molar-refractivity contribution >= 4 is 15.9 Å². The molecule has 0 aliphatic carbocycles. The van der Waals surface area contributed by atoms with Gasteiger partial charge in [0.05, 0.1) is 5.69 Å². The van der Waals surface area contributed by atoms with Crippen LogP contribution in [-0.2, 0) is 6.54 Å². The molecule has 0 aromatic carbocycles. The van der Waals surface area contributed by atoms with Gasteiger partial charge in [-0.05, 0) is 47.6 Å². The first-order chi connectivity index (χ1) is 6.33. The zero-order chi connectivity index (χ0) is 9.52. The number of rotatable bonds is 5. The second-order valence-electron chi connectivity index (χ2n) is 2.79. The molecule has 0 unspecified atom stereocenters. The summed E-state index contributed by atoms with van der Waals surface area (Å²) in [6, 6.07) is 3.99. The molecule has 0 saturated carbocycles. The maximum atomic E-state index is 5.37. The third-order valence-corrected chi connectivity index (χ3v) is 2.12. The van der Waals surface area contributed by atoms with E-state index >= 15 is 0 Å². The van der Waals surface area contributed by atoms with Crippen molar-refractivity contribution in [3.05, 3.63) is 28.5 Å². The Morgan fingerprint density at radius 3 is 2.92 bits per heavy atom. The van der Waals surface area contributed by atoms with E-state index in [4.69, 9.17) is 5.73 Å². The maximum absolute atomic E-state index is 5.37. The number of nitrogens with zero attached hydrogens (tertiary/aromatic N) is 1. The second kappa shape index (κ2) is 6.07. The van der Waals surface area contributed by atoms with Gasteiger partial charge in [-0.1, -0.05) is 0 Å². The van der Waals surface area contributed by atoms with Gasteiger partial charge in [-0.2, -0.15) is 0 Å². The quantitative estimate of drug-likeness (QED) is 0.767. The normalized spacial score (nSPS) is 10.3. The fraction of sp³-hybridized carbons (Fsp3) is 0.444. The Labute approximate surface area is 86.9 Å². The monoisotopic (exact) mass is 243 g/mol. The molecule has 4 heteroatoms. The van der Waals surface area contributed by atoms with Crippen molar-refractivity contribution in [2.45, 2.75) is 13.0 Å². The predicted molar refractivity (Wildman–Crippen MR) is 57.3 cm³/mol. The van der Waals surface area contributed by atoms with Gasteiger partial charge in [0.25, 0.3) is 0 Å². The number of hydrogen-bond acceptors (Lipinski definition) is 3. The molecule has 0 fully saturated rings. The standard InChI is InChI=1S/C9H14BrN3/c10-8-2-3-9(13-6-8)7-12-5-1-4-11/h2-3,6,12H,1,4-5,7,11H2. The van der Waals surface area contributed by atoms with Crippen LogP contribution in [0, 0.1) is 0 Å². The van der Waals surface area contributed by atoms with Crippen LogP contribution in [0.2, 0.25) is 0 Å². The summed E-state index contributed by atoms with van der Waals surface area (Å²) in [5, 5.41) is 3.26. The first-order valence-corrected chi connectivity index (χ1v) is 5.13. The van der Waals surface area contributed by atoms with Crippen LogP contribution in [0.4, 0.5) is 0 Å². The molecule has 3 nitrogen and oxygen atoms in total. The Hall–Kier alpha value is -0.450. The molecule has 3 N–H and O–H groups in total. The molecular weight excluding hydrogens is 230 g/mol. The highest BCUT2D eigenvalue weighted by Crippen LogP contribution is 2.06. The Morgan fingerprint density at radius 2 is 2.31 bits per heavy atom. The Balaban J connectivity index is 2.25. The Bertz CT molecular complexity index is 235. The summed E-state index contributed by atoms with van der Waals surface area (Å²) in [7, 11) is 0. The minimum Gasteiger partial charge on any atom is -0.330 e. The van der Waals surface area contributed by atoms with Crippen molar-refractivity contribution in [2.75, 3.05) is 13.1 Å². The predicted octanol–water partition coefficient (Wildman–Crippen LogP) is 1.28. The number of nitrogens with two attached hydrogens (primary N) is 1. The fourth-order valence-corrected chi connectivity index (χ4v) is 1.19. The summed E-state index contributed by atoms with van der Waals surface area (Å²) in [5.74, 6) is 0. The van der Waals surface area contributed by atoms with Crippen LogP contribution in [0.15, 0.2) is 22.8 Å². The summed E-state index contributed by atoms with van der Waals surface area (Å²) in [6.45, 7) is 2.50. The third kappa shape index (κ3) is 4.36. The van der Waals surface area contributed by atoms with Gasteiger partial charge in [0.15, 0.2) is 0 Å². The summed E-state index contributed by atoms with van der Waals surface area (Å²) in [4.78, 5) is 4.24. The zero-order valence-electron chi connectivity index (χ0n) is 7.46. The van der Waals surface area contributed by atoms with E-state index in [1.165, 1.54) is 0 Å². The largest absolute Gasteiger partial charge is 0.330 e. The molecule has 1 aromatic heterocycles. The van der Waals surface area contributed by atoms with Gasteiger partial charge in [0, 0.05) is 17.2 Å². The number of halogens is 1. The minimum atomic E-state index is 0.737. The van der Waals surface area contributed by atoms with Crippen LogP contribution >= 0.6 is 15.9 Å². The molecule has 72 valence electrons. The summed E-state index contributed by atoms with van der Waals surface area (Å²) >= 11 is 3.34. The summed E-state index contributed by atoms with van der Waals surface area (Å²) in [6.07, 6.45) is 2.82. The van der Waals surface area contributed by atoms with Crippen LogP contribution in [0.5, 0.6) is 0 Å². The molecule has 0 atom stereocenters. The molecule has 0 spiro atoms. The van der Waals surface area contributed by atoms with E-state index in [2.05, 4.69) is 26.2 Å². The molecule has 0 saturated heterocycles. The highest BCUT2D eigenvalue weighted by atomic mass is 79.9. The summed E-state index contributed by atoms with van der Waals surface area (Å²) in [5.41, 5.74) is 6.42. The smallest absolute Gasteiger partial charge is 0.0542 e. The van der Waals surface area contributed by atoms with Gasteiger partial charge in [0.1, 0.15) is 0 Å². The lowest BCUT2D eigenvalue weighted by molar-refractivity contribution is 0.646. The third-order valence-electron chi connectivity index (χ3n) is 1.65. The lowest BCUT2D eigenvalue weighted by atomic mass is 10.3. The van der Waals surface area contributed by atoms with Gasteiger partial charge >= 0.3 is 0 Å². The highest BCUT2D eigenvalue weighted by Gasteiger charge is 1.93. The molecule has 0 aliphatic rings. The van der Waals surface area contributed by atoms with E-state index in [0.717, 1.165) is 36.2 Å². The van der Waals surface area contributed by atoms with Gasteiger partial charge in [-0.25, -0.2) is 0 Å². The summed E-state index contributed by atoms with van der Waals surface area (Å²) < 4.78 is 1.01. The van der Waals surface area contributed by atoms with Crippen LogP contribution < -0.4 is 11.1 Å². The van der Waals surface area contributed by atoms with E-state index in [9.17, 15) is 0 Å². The average molecular weight is 244 g/mol. The van der Waals surface area contributed by atoms with Crippen molar-refractivity contribution in [3.8, 4) is 0 Å².